The molecule has 0 unspecified atom stereocenters. The summed E-state index contributed by atoms with van der Waals surface area (Å²) >= 11 is 1.66. The average molecular weight is 497 g/mol. The molecule has 0 saturated carbocycles. The van der Waals surface area contributed by atoms with Crippen molar-refractivity contribution >= 4 is 17.2 Å². The SMILES string of the molecule is Cc1onc(-c2ccccc2)c1-c1csc(C2CCN(C(=O)c3ncoc3-c3ccccc3)CC2)n1. The summed E-state index contributed by atoms with van der Waals surface area (Å²) in [4.78, 5) is 24.3. The van der Waals surface area contributed by atoms with Crippen molar-refractivity contribution < 1.29 is 13.7 Å². The number of benzene rings is 2. The van der Waals surface area contributed by atoms with E-state index in [1.165, 1.54) is 6.39 Å². The van der Waals surface area contributed by atoms with E-state index in [9.17, 15) is 4.79 Å². The van der Waals surface area contributed by atoms with E-state index in [2.05, 4.69) is 15.5 Å². The van der Waals surface area contributed by atoms with Crippen LogP contribution in [0.5, 0.6) is 0 Å². The number of piperidine rings is 1. The van der Waals surface area contributed by atoms with Crippen LogP contribution < -0.4 is 0 Å². The Morgan fingerprint density at radius 1 is 1.00 bits per heavy atom. The monoisotopic (exact) mass is 496 g/mol. The molecule has 0 aliphatic carbocycles. The van der Waals surface area contributed by atoms with Crippen molar-refractivity contribution in [1.29, 1.82) is 0 Å². The number of carbonyl (C=O) groups is 1. The molecule has 0 atom stereocenters. The molecule has 0 bridgehead atoms. The minimum absolute atomic E-state index is 0.0894. The van der Waals surface area contributed by atoms with Crippen molar-refractivity contribution in [3.05, 3.63) is 88.9 Å². The zero-order valence-corrected chi connectivity index (χ0v) is 20.6. The lowest BCUT2D eigenvalue weighted by Crippen LogP contribution is -2.38. The van der Waals surface area contributed by atoms with Crippen LogP contribution >= 0.6 is 11.3 Å². The summed E-state index contributed by atoms with van der Waals surface area (Å²) in [5.74, 6) is 1.49. The number of thiazole rings is 1. The molecule has 3 aromatic heterocycles. The van der Waals surface area contributed by atoms with E-state index in [0.29, 0.717) is 30.5 Å². The normalized spacial score (nSPS) is 14.3. The Bertz CT molecular complexity index is 1480. The number of nitrogens with zero attached hydrogens (tertiary/aromatic N) is 4. The van der Waals surface area contributed by atoms with Crippen molar-refractivity contribution in [3.8, 4) is 33.8 Å². The van der Waals surface area contributed by atoms with Crippen LogP contribution in [0.25, 0.3) is 33.8 Å². The lowest BCUT2D eigenvalue weighted by Gasteiger charge is -2.30. The highest BCUT2D eigenvalue weighted by molar-refractivity contribution is 7.10. The molecule has 2 aromatic carbocycles. The Kier molecular flexibility index (Phi) is 5.95. The fraction of sp³-hybridized carbons (Fsp3) is 0.214. The number of hydrogen-bond donors (Lipinski definition) is 0. The van der Waals surface area contributed by atoms with E-state index in [1.807, 2.05) is 72.5 Å². The van der Waals surface area contributed by atoms with Crippen LogP contribution in [0.1, 0.15) is 40.0 Å². The number of aromatic nitrogens is 3. The lowest BCUT2D eigenvalue weighted by atomic mass is 9.97. The fourth-order valence-corrected chi connectivity index (χ4v) is 5.71. The van der Waals surface area contributed by atoms with Crippen molar-refractivity contribution in [3.63, 3.8) is 0 Å². The number of likely N-dealkylation sites (tertiary alicyclic amines) is 1. The van der Waals surface area contributed by atoms with Gasteiger partial charge in [-0.15, -0.1) is 11.3 Å². The predicted octanol–water partition coefficient (Wildman–Crippen LogP) is 6.45. The van der Waals surface area contributed by atoms with Gasteiger partial charge < -0.3 is 13.8 Å². The van der Waals surface area contributed by atoms with Crippen LogP contribution in [0.15, 0.2) is 81.4 Å². The van der Waals surface area contributed by atoms with Gasteiger partial charge in [0.2, 0.25) is 0 Å². The lowest BCUT2D eigenvalue weighted by molar-refractivity contribution is 0.0708. The van der Waals surface area contributed by atoms with Crippen molar-refractivity contribution in [2.45, 2.75) is 25.7 Å². The molecule has 0 spiro atoms. The van der Waals surface area contributed by atoms with Crippen LogP contribution in [0.2, 0.25) is 0 Å². The molecule has 7 nitrogen and oxygen atoms in total. The van der Waals surface area contributed by atoms with Gasteiger partial charge >= 0.3 is 0 Å². The van der Waals surface area contributed by atoms with E-state index in [1.54, 1.807) is 11.3 Å². The summed E-state index contributed by atoms with van der Waals surface area (Å²) in [7, 11) is 0. The summed E-state index contributed by atoms with van der Waals surface area (Å²) < 4.78 is 11.1. The molecule has 6 rings (SSSR count). The van der Waals surface area contributed by atoms with E-state index in [-0.39, 0.29) is 5.91 Å². The van der Waals surface area contributed by atoms with E-state index in [4.69, 9.17) is 13.9 Å². The minimum atomic E-state index is -0.0894. The quantitative estimate of drug-likeness (QED) is 0.278. The first-order valence-corrected chi connectivity index (χ1v) is 12.8. The minimum Gasteiger partial charge on any atom is -0.443 e. The highest BCUT2D eigenvalue weighted by atomic mass is 32.1. The third kappa shape index (κ3) is 4.13. The average Bonchev–Trinajstić information content (AvgIpc) is 3.69. The van der Waals surface area contributed by atoms with Crippen LogP contribution in [0, 0.1) is 6.92 Å². The Hall–Kier alpha value is -4.04. The maximum absolute atomic E-state index is 13.2. The zero-order chi connectivity index (χ0) is 24.5. The number of aryl methyl sites for hydroxylation is 1. The summed E-state index contributed by atoms with van der Waals surface area (Å²) in [6.07, 6.45) is 3.05. The molecule has 5 aromatic rings. The third-order valence-electron chi connectivity index (χ3n) is 6.63. The molecule has 36 heavy (non-hydrogen) atoms. The van der Waals surface area contributed by atoms with Gasteiger partial charge in [-0.3, -0.25) is 4.79 Å². The number of oxazole rings is 1. The molecular weight excluding hydrogens is 472 g/mol. The molecule has 0 radical (unpaired) electrons. The summed E-state index contributed by atoms with van der Waals surface area (Å²) in [6, 6.07) is 19.6. The first-order valence-electron chi connectivity index (χ1n) is 11.9. The highest BCUT2D eigenvalue weighted by Gasteiger charge is 2.30. The molecule has 1 fully saturated rings. The molecular formula is C28H24N4O3S. The molecule has 1 aliphatic heterocycles. The van der Waals surface area contributed by atoms with E-state index in [0.717, 1.165) is 51.7 Å². The maximum Gasteiger partial charge on any atom is 0.276 e. The third-order valence-corrected chi connectivity index (χ3v) is 7.63. The van der Waals surface area contributed by atoms with Gasteiger partial charge in [0, 0.05) is 35.5 Å². The number of amides is 1. The maximum atomic E-state index is 13.2. The van der Waals surface area contributed by atoms with E-state index >= 15 is 0 Å². The first-order chi connectivity index (χ1) is 17.7. The highest BCUT2D eigenvalue weighted by Crippen LogP contribution is 2.38. The summed E-state index contributed by atoms with van der Waals surface area (Å²) in [5.41, 5.74) is 4.87. The van der Waals surface area contributed by atoms with E-state index < -0.39 is 0 Å². The zero-order valence-electron chi connectivity index (χ0n) is 19.8. The topological polar surface area (TPSA) is 85.3 Å². The summed E-state index contributed by atoms with van der Waals surface area (Å²) in [5, 5.41) is 7.47. The first kappa shape index (κ1) is 22.4. The Labute approximate surface area is 212 Å². The molecule has 1 amide bonds. The van der Waals surface area contributed by atoms with Gasteiger partial charge in [-0.2, -0.15) is 0 Å². The smallest absolute Gasteiger partial charge is 0.276 e. The van der Waals surface area contributed by atoms with Crippen LogP contribution in [0.4, 0.5) is 0 Å². The fourth-order valence-electron chi connectivity index (χ4n) is 4.73. The summed E-state index contributed by atoms with van der Waals surface area (Å²) in [6.45, 7) is 3.23. The van der Waals surface area contributed by atoms with Crippen molar-refractivity contribution in [2.24, 2.45) is 0 Å². The van der Waals surface area contributed by atoms with Gasteiger partial charge in [0.25, 0.3) is 5.91 Å². The molecule has 0 N–H and O–H groups in total. The Balaban J connectivity index is 1.17. The molecule has 1 saturated heterocycles. The number of carbonyl (C=O) groups excluding carboxylic acids is 1. The van der Waals surface area contributed by atoms with Gasteiger partial charge in [-0.25, -0.2) is 9.97 Å². The van der Waals surface area contributed by atoms with Crippen LogP contribution in [-0.2, 0) is 0 Å². The predicted molar refractivity (Wildman–Crippen MR) is 138 cm³/mol. The molecule has 8 heteroatoms. The van der Waals surface area contributed by atoms with Crippen molar-refractivity contribution in [2.75, 3.05) is 13.1 Å². The van der Waals surface area contributed by atoms with Gasteiger partial charge in [-0.1, -0.05) is 65.8 Å². The molecule has 1 aliphatic rings. The van der Waals surface area contributed by atoms with Crippen molar-refractivity contribution in [1.82, 2.24) is 20.0 Å². The van der Waals surface area contributed by atoms with Gasteiger partial charge in [-0.05, 0) is 19.8 Å². The van der Waals surface area contributed by atoms with Crippen LogP contribution in [-0.4, -0.2) is 39.0 Å². The Morgan fingerprint density at radius 2 is 1.69 bits per heavy atom. The van der Waals surface area contributed by atoms with Gasteiger partial charge in [0.15, 0.2) is 17.8 Å². The number of hydrogen-bond acceptors (Lipinski definition) is 7. The molecule has 180 valence electrons. The second kappa shape index (κ2) is 9.54. The molecule has 4 heterocycles. The second-order valence-electron chi connectivity index (χ2n) is 8.86. The van der Waals surface area contributed by atoms with Crippen LogP contribution in [0.3, 0.4) is 0 Å². The largest absolute Gasteiger partial charge is 0.443 e. The second-order valence-corrected chi connectivity index (χ2v) is 9.75. The van der Waals surface area contributed by atoms with Gasteiger partial charge in [0.05, 0.1) is 16.3 Å². The number of rotatable bonds is 5. The Morgan fingerprint density at radius 3 is 2.42 bits per heavy atom. The van der Waals surface area contributed by atoms with Gasteiger partial charge in [0.1, 0.15) is 11.5 Å². The standard InChI is InChI=1S/C28H24N4O3S/c1-18-23(24(31-35-18)19-8-4-2-5-9-19)22-16-36-27(30-22)21-12-14-32(15-13-21)28(33)25-26(34-17-29-25)20-10-6-3-7-11-20/h2-11,16-17,21H,12-15H2,1H3.